The molecule has 1 saturated heterocycles. The van der Waals surface area contributed by atoms with Crippen LogP contribution in [0.5, 0.6) is 0 Å². The summed E-state index contributed by atoms with van der Waals surface area (Å²) in [7, 11) is 0. The van der Waals surface area contributed by atoms with Crippen LogP contribution >= 0.6 is 36.2 Å². The predicted molar refractivity (Wildman–Crippen MR) is 87.9 cm³/mol. The number of thiazole rings is 1. The lowest BCUT2D eigenvalue weighted by Gasteiger charge is -2.42. The quantitative estimate of drug-likeness (QED) is 0.920. The number of hydrogen-bond donors (Lipinski definition) is 1. The van der Waals surface area contributed by atoms with Crippen molar-refractivity contribution in [3.8, 4) is 0 Å². The minimum atomic E-state index is 0. The highest BCUT2D eigenvalue weighted by atomic mass is 35.5. The summed E-state index contributed by atoms with van der Waals surface area (Å²) in [5, 5.41) is 2.99. The monoisotopic (exact) mass is 339 g/mol. The molecule has 2 rings (SSSR count). The summed E-state index contributed by atoms with van der Waals surface area (Å²) in [6.07, 6.45) is 3.99. The summed E-state index contributed by atoms with van der Waals surface area (Å²) in [5.74, 6) is 0.227. The second-order valence-corrected chi connectivity index (χ2v) is 6.60. The first kappa shape index (κ1) is 19.6. The molecule has 1 aliphatic heterocycles. The van der Waals surface area contributed by atoms with Crippen molar-refractivity contribution in [2.75, 3.05) is 13.1 Å². The largest absolute Gasteiger partial charge is 0.342 e. The molecule has 2 N–H and O–H groups in total. The third kappa shape index (κ3) is 4.88. The Morgan fingerprint density at radius 3 is 2.80 bits per heavy atom. The van der Waals surface area contributed by atoms with Crippen molar-refractivity contribution in [3.63, 3.8) is 0 Å². The van der Waals surface area contributed by atoms with Gasteiger partial charge >= 0.3 is 0 Å². The van der Waals surface area contributed by atoms with Crippen LogP contribution in [0.15, 0.2) is 11.6 Å². The molecular weight excluding hydrogens is 317 g/mol. The number of piperidine rings is 1. The Labute approximate surface area is 137 Å². The van der Waals surface area contributed by atoms with E-state index in [1.54, 1.807) is 17.5 Å². The van der Waals surface area contributed by atoms with Gasteiger partial charge in [0.15, 0.2) is 0 Å². The SMILES string of the molecule is CC1(C)CN(C(=O)CCc2nccs2)CCC1N.Cl.Cl. The van der Waals surface area contributed by atoms with Crippen LogP contribution in [0.2, 0.25) is 0 Å². The van der Waals surface area contributed by atoms with E-state index in [4.69, 9.17) is 5.73 Å². The van der Waals surface area contributed by atoms with Gasteiger partial charge in [0.1, 0.15) is 0 Å². The van der Waals surface area contributed by atoms with E-state index in [1.807, 2.05) is 10.3 Å². The topological polar surface area (TPSA) is 59.2 Å². The lowest BCUT2D eigenvalue weighted by Crippen LogP contribution is -2.54. The molecule has 1 atom stereocenters. The highest BCUT2D eigenvalue weighted by Crippen LogP contribution is 2.28. The molecule has 1 aliphatic rings. The highest BCUT2D eigenvalue weighted by Gasteiger charge is 2.34. The minimum absolute atomic E-state index is 0. The van der Waals surface area contributed by atoms with Gasteiger partial charge in [0.25, 0.3) is 0 Å². The molecule has 7 heteroatoms. The summed E-state index contributed by atoms with van der Waals surface area (Å²) in [5.41, 5.74) is 6.10. The van der Waals surface area contributed by atoms with E-state index in [-0.39, 0.29) is 42.2 Å². The molecule has 116 valence electrons. The smallest absolute Gasteiger partial charge is 0.223 e. The molecule has 4 nitrogen and oxygen atoms in total. The second kappa shape index (κ2) is 8.17. The average molecular weight is 340 g/mol. The van der Waals surface area contributed by atoms with Crippen molar-refractivity contribution in [3.05, 3.63) is 16.6 Å². The zero-order valence-corrected chi connectivity index (χ0v) is 14.3. The maximum atomic E-state index is 12.1. The fourth-order valence-electron chi connectivity index (χ4n) is 2.34. The Morgan fingerprint density at radius 1 is 1.55 bits per heavy atom. The molecule has 20 heavy (non-hydrogen) atoms. The van der Waals surface area contributed by atoms with Crippen LogP contribution in [0, 0.1) is 5.41 Å². The number of likely N-dealkylation sites (tertiary alicyclic amines) is 1. The number of rotatable bonds is 3. The van der Waals surface area contributed by atoms with Gasteiger partial charge in [-0.05, 0) is 11.8 Å². The van der Waals surface area contributed by atoms with E-state index in [2.05, 4.69) is 18.8 Å². The van der Waals surface area contributed by atoms with Gasteiger partial charge in [0, 0.05) is 43.5 Å². The van der Waals surface area contributed by atoms with Crippen molar-refractivity contribution in [1.29, 1.82) is 0 Å². The molecule has 0 saturated carbocycles. The molecule has 2 heterocycles. The summed E-state index contributed by atoms with van der Waals surface area (Å²) in [4.78, 5) is 18.3. The Balaban J connectivity index is 0.00000180. The van der Waals surface area contributed by atoms with E-state index in [0.717, 1.165) is 30.9 Å². The molecule has 0 aliphatic carbocycles. The molecule has 0 spiro atoms. The van der Waals surface area contributed by atoms with Gasteiger partial charge in [-0.15, -0.1) is 36.2 Å². The highest BCUT2D eigenvalue weighted by molar-refractivity contribution is 7.09. The Morgan fingerprint density at radius 2 is 2.25 bits per heavy atom. The molecule has 1 fully saturated rings. The van der Waals surface area contributed by atoms with Crippen molar-refractivity contribution in [1.82, 2.24) is 9.88 Å². The molecule has 1 amide bonds. The second-order valence-electron chi connectivity index (χ2n) is 5.62. The van der Waals surface area contributed by atoms with E-state index < -0.39 is 0 Å². The molecular formula is C13H23Cl2N3OS. The lowest BCUT2D eigenvalue weighted by molar-refractivity contribution is -0.134. The molecule has 0 aromatic carbocycles. The Kier molecular flexibility index (Phi) is 8.03. The van der Waals surface area contributed by atoms with E-state index in [1.165, 1.54) is 0 Å². The van der Waals surface area contributed by atoms with Crippen LogP contribution in [-0.4, -0.2) is 34.9 Å². The van der Waals surface area contributed by atoms with Crippen LogP contribution in [0.25, 0.3) is 0 Å². The third-order valence-electron chi connectivity index (χ3n) is 3.70. The van der Waals surface area contributed by atoms with Gasteiger partial charge in [0.05, 0.1) is 5.01 Å². The number of aryl methyl sites for hydroxylation is 1. The van der Waals surface area contributed by atoms with Crippen LogP contribution < -0.4 is 5.73 Å². The van der Waals surface area contributed by atoms with Crippen LogP contribution in [0.3, 0.4) is 0 Å². The third-order valence-corrected chi connectivity index (χ3v) is 4.54. The normalized spacial score (nSPS) is 20.8. The molecule has 1 aromatic rings. The maximum Gasteiger partial charge on any atom is 0.223 e. The number of aromatic nitrogens is 1. The van der Waals surface area contributed by atoms with Crippen LogP contribution in [-0.2, 0) is 11.2 Å². The molecule has 1 aromatic heterocycles. The van der Waals surface area contributed by atoms with E-state index in [0.29, 0.717) is 6.42 Å². The first-order valence-electron chi connectivity index (χ1n) is 6.41. The number of amides is 1. The number of nitrogens with two attached hydrogens (primary N) is 1. The predicted octanol–water partition coefficient (Wildman–Crippen LogP) is 2.51. The zero-order chi connectivity index (χ0) is 13.2. The van der Waals surface area contributed by atoms with Crippen molar-refractivity contribution < 1.29 is 4.79 Å². The van der Waals surface area contributed by atoms with Crippen molar-refractivity contribution in [2.45, 2.75) is 39.2 Å². The van der Waals surface area contributed by atoms with Gasteiger partial charge in [-0.3, -0.25) is 4.79 Å². The zero-order valence-electron chi connectivity index (χ0n) is 11.9. The van der Waals surface area contributed by atoms with E-state index in [9.17, 15) is 4.79 Å². The summed E-state index contributed by atoms with van der Waals surface area (Å²) >= 11 is 1.61. The average Bonchev–Trinajstić information content (AvgIpc) is 2.82. The number of halogens is 2. The minimum Gasteiger partial charge on any atom is -0.342 e. The number of carbonyl (C=O) groups is 1. The first-order valence-corrected chi connectivity index (χ1v) is 7.29. The number of hydrogen-bond acceptors (Lipinski definition) is 4. The Hall–Kier alpha value is -0.360. The summed E-state index contributed by atoms with van der Waals surface area (Å²) < 4.78 is 0. The Bertz CT molecular complexity index is 412. The van der Waals surface area contributed by atoms with Crippen LogP contribution in [0.4, 0.5) is 0 Å². The number of nitrogens with zero attached hydrogens (tertiary/aromatic N) is 2. The molecule has 1 unspecified atom stereocenters. The molecule has 0 radical (unpaired) electrons. The maximum absolute atomic E-state index is 12.1. The fourth-order valence-corrected chi connectivity index (χ4v) is 2.96. The van der Waals surface area contributed by atoms with E-state index >= 15 is 0 Å². The van der Waals surface area contributed by atoms with Crippen molar-refractivity contribution >= 4 is 42.1 Å². The van der Waals surface area contributed by atoms with Gasteiger partial charge in [-0.1, -0.05) is 13.8 Å². The van der Waals surface area contributed by atoms with Gasteiger partial charge in [-0.2, -0.15) is 0 Å². The lowest BCUT2D eigenvalue weighted by atomic mass is 9.79. The standard InChI is InChI=1S/C13H21N3OS.2ClH/c1-13(2)9-16(7-5-10(13)14)12(17)4-3-11-15-6-8-18-11;;/h6,8,10H,3-5,7,9,14H2,1-2H3;2*1H. The van der Waals surface area contributed by atoms with Gasteiger partial charge < -0.3 is 10.6 Å². The summed E-state index contributed by atoms with van der Waals surface area (Å²) in [6.45, 7) is 5.84. The fraction of sp³-hybridized carbons (Fsp3) is 0.692. The first-order chi connectivity index (χ1) is 8.49. The summed E-state index contributed by atoms with van der Waals surface area (Å²) in [6, 6.07) is 0.195. The van der Waals surface area contributed by atoms with Crippen molar-refractivity contribution in [2.24, 2.45) is 11.1 Å². The van der Waals surface area contributed by atoms with Crippen LogP contribution in [0.1, 0.15) is 31.7 Å². The van der Waals surface area contributed by atoms with Gasteiger partial charge in [-0.25, -0.2) is 4.98 Å². The number of carbonyl (C=O) groups excluding carboxylic acids is 1. The van der Waals surface area contributed by atoms with Gasteiger partial charge in [0.2, 0.25) is 5.91 Å². The molecule has 0 bridgehead atoms.